The predicted octanol–water partition coefficient (Wildman–Crippen LogP) is 2.00. The van der Waals surface area contributed by atoms with Gasteiger partial charge in [-0.15, -0.1) is 0 Å². The quantitative estimate of drug-likeness (QED) is 0.572. The van der Waals surface area contributed by atoms with E-state index in [1.807, 2.05) is 6.92 Å². The van der Waals surface area contributed by atoms with E-state index in [0.29, 0.717) is 26.1 Å². The Labute approximate surface area is 102 Å². The molecule has 1 saturated carbocycles. The highest BCUT2D eigenvalue weighted by Gasteiger charge is 2.47. The van der Waals surface area contributed by atoms with Crippen LogP contribution in [0.1, 0.15) is 46.0 Å². The van der Waals surface area contributed by atoms with Crippen LogP contribution in [0.25, 0.3) is 0 Å². The van der Waals surface area contributed by atoms with Crippen LogP contribution in [0.4, 0.5) is 4.79 Å². The van der Waals surface area contributed by atoms with E-state index >= 15 is 0 Å². The molecule has 5 heteroatoms. The summed E-state index contributed by atoms with van der Waals surface area (Å²) in [4.78, 5) is 23.2. The molecule has 0 unspecified atom stereocenters. The third-order valence-corrected chi connectivity index (χ3v) is 2.95. The number of amides is 1. The summed E-state index contributed by atoms with van der Waals surface area (Å²) in [7, 11) is 0. The Kier molecular flexibility index (Phi) is 5.25. The number of esters is 1. The topological polar surface area (TPSA) is 64.6 Å². The molecule has 0 aromatic rings. The van der Waals surface area contributed by atoms with Crippen molar-refractivity contribution in [2.75, 3.05) is 13.2 Å². The Bertz CT molecular complexity index is 274. The lowest BCUT2D eigenvalue weighted by Gasteiger charge is -2.39. The van der Waals surface area contributed by atoms with Gasteiger partial charge in [-0.1, -0.05) is 13.3 Å². The highest BCUT2D eigenvalue weighted by Crippen LogP contribution is 2.33. The van der Waals surface area contributed by atoms with Gasteiger partial charge in [0.15, 0.2) is 0 Å². The molecule has 1 fully saturated rings. The third kappa shape index (κ3) is 3.61. The van der Waals surface area contributed by atoms with Gasteiger partial charge in [0.2, 0.25) is 0 Å². The molecule has 98 valence electrons. The first-order valence-electron chi connectivity index (χ1n) is 6.27. The fourth-order valence-electron chi connectivity index (χ4n) is 1.72. The Morgan fingerprint density at radius 3 is 2.41 bits per heavy atom. The van der Waals surface area contributed by atoms with Crippen LogP contribution >= 0.6 is 0 Å². The summed E-state index contributed by atoms with van der Waals surface area (Å²) in [5.74, 6) is -0.348. The predicted molar refractivity (Wildman–Crippen MR) is 62.6 cm³/mol. The number of carbonyl (C=O) groups excluding carboxylic acids is 2. The van der Waals surface area contributed by atoms with Crippen molar-refractivity contribution in [1.29, 1.82) is 0 Å². The van der Waals surface area contributed by atoms with Crippen molar-refractivity contribution in [3.63, 3.8) is 0 Å². The lowest BCUT2D eigenvalue weighted by molar-refractivity contribution is -0.154. The largest absolute Gasteiger partial charge is 0.464 e. The summed E-state index contributed by atoms with van der Waals surface area (Å²) in [6, 6.07) is 0. The van der Waals surface area contributed by atoms with Crippen molar-refractivity contribution in [2.45, 2.75) is 51.5 Å². The first-order valence-corrected chi connectivity index (χ1v) is 6.27. The number of hydrogen-bond donors (Lipinski definition) is 1. The van der Waals surface area contributed by atoms with E-state index in [0.717, 1.165) is 19.3 Å². The molecule has 0 radical (unpaired) electrons. The lowest BCUT2D eigenvalue weighted by Crippen LogP contribution is -2.59. The fourth-order valence-corrected chi connectivity index (χ4v) is 1.72. The molecule has 0 spiro atoms. The summed E-state index contributed by atoms with van der Waals surface area (Å²) >= 11 is 0. The second-order valence-electron chi connectivity index (χ2n) is 4.27. The number of rotatable bonds is 6. The van der Waals surface area contributed by atoms with Gasteiger partial charge >= 0.3 is 12.1 Å². The van der Waals surface area contributed by atoms with Gasteiger partial charge in [0, 0.05) is 0 Å². The first-order chi connectivity index (χ1) is 8.14. The molecule has 5 nitrogen and oxygen atoms in total. The number of carbonyl (C=O) groups is 2. The molecule has 0 aromatic heterocycles. The molecule has 0 atom stereocenters. The van der Waals surface area contributed by atoms with Gasteiger partial charge in [0.25, 0.3) is 0 Å². The highest BCUT2D eigenvalue weighted by atomic mass is 16.6. The molecule has 1 rings (SSSR count). The molecule has 0 bridgehead atoms. The summed E-state index contributed by atoms with van der Waals surface area (Å²) in [5.41, 5.74) is -0.834. The highest BCUT2D eigenvalue weighted by molar-refractivity contribution is 5.86. The summed E-state index contributed by atoms with van der Waals surface area (Å²) in [6.45, 7) is 4.49. The molecule has 1 aliphatic rings. The van der Waals surface area contributed by atoms with Gasteiger partial charge in [-0.3, -0.25) is 0 Å². The normalized spacial score (nSPS) is 16.8. The fraction of sp³-hybridized carbons (Fsp3) is 0.833. The van der Waals surface area contributed by atoms with Gasteiger partial charge in [0.1, 0.15) is 5.54 Å². The molecular formula is C12H21NO4. The molecule has 1 aliphatic carbocycles. The average molecular weight is 243 g/mol. The third-order valence-electron chi connectivity index (χ3n) is 2.95. The Morgan fingerprint density at radius 1 is 1.24 bits per heavy atom. The number of hydrogen-bond acceptors (Lipinski definition) is 4. The Morgan fingerprint density at radius 2 is 1.94 bits per heavy atom. The van der Waals surface area contributed by atoms with Gasteiger partial charge in [0.05, 0.1) is 13.2 Å². The van der Waals surface area contributed by atoms with Crippen molar-refractivity contribution in [3.05, 3.63) is 0 Å². The lowest BCUT2D eigenvalue weighted by atomic mass is 9.77. The first kappa shape index (κ1) is 13.8. The molecular weight excluding hydrogens is 222 g/mol. The van der Waals surface area contributed by atoms with E-state index < -0.39 is 11.6 Å². The van der Waals surface area contributed by atoms with E-state index in [4.69, 9.17) is 9.47 Å². The van der Waals surface area contributed by atoms with Gasteiger partial charge in [-0.2, -0.15) is 0 Å². The van der Waals surface area contributed by atoms with Crippen molar-refractivity contribution >= 4 is 12.1 Å². The summed E-state index contributed by atoms with van der Waals surface area (Å²) in [6.07, 6.45) is 3.47. The Balaban J connectivity index is 2.40. The maximum atomic E-state index is 11.7. The monoisotopic (exact) mass is 243 g/mol. The maximum absolute atomic E-state index is 11.7. The van der Waals surface area contributed by atoms with Crippen LogP contribution in [0.5, 0.6) is 0 Å². The molecule has 0 aliphatic heterocycles. The zero-order valence-electron chi connectivity index (χ0n) is 10.6. The molecule has 0 saturated heterocycles. The number of ether oxygens (including phenoxy) is 2. The summed E-state index contributed by atoms with van der Waals surface area (Å²) in [5, 5.41) is 2.64. The van der Waals surface area contributed by atoms with Crippen LogP contribution in [-0.4, -0.2) is 30.8 Å². The summed E-state index contributed by atoms with van der Waals surface area (Å²) < 4.78 is 9.95. The van der Waals surface area contributed by atoms with Crippen LogP contribution in [0.15, 0.2) is 0 Å². The van der Waals surface area contributed by atoms with Gasteiger partial charge in [-0.25, -0.2) is 9.59 Å². The van der Waals surface area contributed by atoms with Gasteiger partial charge < -0.3 is 14.8 Å². The number of unbranched alkanes of at least 4 members (excludes halogenated alkanes) is 1. The minimum atomic E-state index is -0.834. The van der Waals surface area contributed by atoms with Crippen LogP contribution in [0.2, 0.25) is 0 Å². The minimum Gasteiger partial charge on any atom is -0.464 e. The van der Waals surface area contributed by atoms with Crippen molar-refractivity contribution in [3.8, 4) is 0 Å². The van der Waals surface area contributed by atoms with E-state index in [-0.39, 0.29) is 5.97 Å². The molecule has 17 heavy (non-hydrogen) atoms. The molecule has 0 aromatic carbocycles. The zero-order valence-corrected chi connectivity index (χ0v) is 10.6. The van der Waals surface area contributed by atoms with E-state index in [1.54, 1.807) is 6.92 Å². The minimum absolute atomic E-state index is 0.327. The molecule has 0 heterocycles. The van der Waals surface area contributed by atoms with Crippen molar-refractivity contribution in [1.82, 2.24) is 5.32 Å². The smallest absolute Gasteiger partial charge is 0.408 e. The van der Waals surface area contributed by atoms with Crippen molar-refractivity contribution in [2.24, 2.45) is 0 Å². The van der Waals surface area contributed by atoms with Crippen molar-refractivity contribution < 1.29 is 19.1 Å². The van der Waals surface area contributed by atoms with E-state index in [2.05, 4.69) is 5.32 Å². The van der Waals surface area contributed by atoms with Crippen LogP contribution < -0.4 is 5.32 Å². The number of alkyl carbamates (subject to hydrolysis) is 1. The molecule has 1 amide bonds. The van der Waals surface area contributed by atoms with E-state index in [9.17, 15) is 9.59 Å². The standard InChI is InChI=1S/C12H21NO4/c1-3-5-9-17-11(15)13-12(7-6-8-12)10(14)16-4-2/h3-9H2,1-2H3,(H,13,15). The number of nitrogens with one attached hydrogen (secondary N) is 1. The van der Waals surface area contributed by atoms with Crippen LogP contribution in [-0.2, 0) is 14.3 Å². The SMILES string of the molecule is CCCCOC(=O)NC1(C(=O)OCC)CCC1. The average Bonchev–Trinajstić information content (AvgIpc) is 2.24. The zero-order chi connectivity index (χ0) is 12.7. The molecule has 1 N–H and O–H groups in total. The van der Waals surface area contributed by atoms with E-state index in [1.165, 1.54) is 0 Å². The van der Waals surface area contributed by atoms with Crippen LogP contribution in [0, 0.1) is 0 Å². The second kappa shape index (κ2) is 6.47. The van der Waals surface area contributed by atoms with Crippen LogP contribution in [0.3, 0.4) is 0 Å². The Hall–Kier alpha value is -1.26. The van der Waals surface area contributed by atoms with Gasteiger partial charge in [-0.05, 0) is 32.6 Å². The maximum Gasteiger partial charge on any atom is 0.408 e. The second-order valence-corrected chi connectivity index (χ2v) is 4.27.